The minimum absolute atomic E-state index is 0.0216. The molecular formula is C49H66BF2N8O10S+. The van der Waals surface area contributed by atoms with E-state index in [4.69, 9.17) is 9.57 Å². The highest BCUT2D eigenvalue weighted by molar-refractivity contribution is 7.85. The molecule has 3 aliphatic rings. The maximum absolute atomic E-state index is 17.1. The number of nitrogens with one attached hydrogen (secondary N) is 3. The van der Waals surface area contributed by atoms with Crippen molar-refractivity contribution in [3.05, 3.63) is 88.4 Å². The van der Waals surface area contributed by atoms with Crippen LogP contribution in [-0.4, -0.2) is 156 Å². The van der Waals surface area contributed by atoms with Gasteiger partial charge in [-0.05, 0) is 101 Å². The van der Waals surface area contributed by atoms with Gasteiger partial charge in [-0.2, -0.15) is 8.42 Å². The van der Waals surface area contributed by atoms with Crippen molar-refractivity contribution in [1.29, 1.82) is 0 Å². The van der Waals surface area contributed by atoms with Crippen molar-refractivity contribution in [3.63, 3.8) is 0 Å². The number of ether oxygens (including phenoxy) is 1. The number of fused-ring (bicyclic) bond motifs is 2. The summed E-state index contributed by atoms with van der Waals surface area (Å²) in [4.78, 5) is 70.9. The number of likely N-dealkylation sites (N-methyl/N-ethyl adjacent to an activating group) is 1. The van der Waals surface area contributed by atoms with Gasteiger partial charge in [0.05, 0.1) is 40.0 Å². The third kappa shape index (κ3) is 14.9. The molecule has 1 unspecified atom stereocenters. The van der Waals surface area contributed by atoms with Crippen LogP contribution in [0.1, 0.15) is 87.2 Å². The van der Waals surface area contributed by atoms with Gasteiger partial charge in [-0.25, -0.2) is 4.79 Å². The average Bonchev–Trinajstić information content (AvgIpc) is 4.05. The van der Waals surface area contributed by atoms with Crippen LogP contribution in [0.2, 0.25) is 0 Å². The van der Waals surface area contributed by atoms with Crippen LogP contribution in [0, 0.1) is 6.92 Å². The highest BCUT2D eigenvalue weighted by Crippen LogP contribution is 2.40. The second-order valence-corrected chi connectivity index (χ2v) is 20.9. The van der Waals surface area contributed by atoms with Crippen molar-refractivity contribution in [2.45, 2.75) is 84.1 Å². The van der Waals surface area contributed by atoms with Crippen LogP contribution in [-0.2, 0) is 45.3 Å². The summed E-state index contributed by atoms with van der Waals surface area (Å²) < 4.78 is 76.0. The van der Waals surface area contributed by atoms with Gasteiger partial charge in [0.15, 0.2) is 11.4 Å². The summed E-state index contributed by atoms with van der Waals surface area (Å²) in [5.74, 6) is -3.66. The molecule has 0 spiro atoms. The van der Waals surface area contributed by atoms with E-state index in [1.165, 1.54) is 4.48 Å². The van der Waals surface area contributed by atoms with Gasteiger partial charge in [0, 0.05) is 86.1 Å². The minimum atomic E-state index is -4.63. The van der Waals surface area contributed by atoms with E-state index in [1.54, 1.807) is 49.5 Å². The molecule has 1 aromatic carbocycles. The molecule has 0 radical (unpaired) electrons. The number of aromatic nitrogens is 2. The predicted octanol–water partition coefficient (Wildman–Crippen LogP) is 4.88. The number of rotatable bonds is 26. The largest absolute Gasteiger partial charge is 0.737 e. The zero-order valence-electron chi connectivity index (χ0n) is 41.3. The molecule has 0 saturated carbocycles. The zero-order valence-corrected chi connectivity index (χ0v) is 42.2. The normalized spacial score (nSPS) is 16.1. The summed E-state index contributed by atoms with van der Waals surface area (Å²) in [6, 6.07) is 11.1. The molecule has 3 aliphatic heterocycles. The number of nitrogens with zero attached hydrogens (tertiary/aromatic N) is 5. The standard InChI is InChI=1S/C49H65BF2N8O10S/c1-34-30-38(57-42(34)32-43-37(12-10-28-60(4,5)6)31-44(58(43)50(57,51)52)40-22-15-35(2)54-40)19-16-36-17-20-39(21-18-36)69-29-11-13-45(61)55-41(33-71(66,67)68)49(65)53-25-27-56(3)26-9-7-8-14-48(64)70-59-46(62)23-24-47(59)63/h15-22,30-32,41,54H,7-14,23-29,33H2,1-6H3,(H2-,53,55,61,65,66,67,68)/p+1/b19-16+. The van der Waals surface area contributed by atoms with Crippen molar-refractivity contribution in [2.24, 2.45) is 0 Å². The van der Waals surface area contributed by atoms with E-state index in [2.05, 4.69) is 36.8 Å². The number of carbonyl (C=O) groups is 5. The Labute approximate surface area is 413 Å². The molecule has 1 fully saturated rings. The Balaban J connectivity index is 0.955. The SMILES string of the molecule is CC1=CC(/C=C/c2ccc(OCCCC(=O)NC(CS(=O)(=O)O)C(=O)NCCN(C)CCCCCC(=O)ON3C(=O)CCC3=O)cc2)=[N+]2C1=Cc1c(CCC[N+](C)(C)C)cc(-c3ccc(C)[nH]3)n1[B-]2(F)F. The molecule has 3 aromatic rings. The first-order valence-corrected chi connectivity index (χ1v) is 25.6. The van der Waals surface area contributed by atoms with E-state index in [0.717, 1.165) is 44.3 Å². The van der Waals surface area contributed by atoms with Gasteiger partial charge in [-0.1, -0.05) is 18.6 Å². The fraction of sp³-hybridized carbons (Fsp3) is 0.469. The third-order valence-electron chi connectivity index (χ3n) is 12.3. The van der Waals surface area contributed by atoms with Crippen LogP contribution < -0.4 is 15.4 Å². The number of quaternary nitrogens is 1. The van der Waals surface area contributed by atoms with Crippen LogP contribution in [0.4, 0.5) is 8.63 Å². The molecule has 4 amide bonds. The number of H-pyrrole nitrogens is 1. The van der Waals surface area contributed by atoms with Crippen LogP contribution in [0.25, 0.3) is 23.5 Å². The number of carbonyl (C=O) groups excluding carboxylic acids is 5. The molecule has 18 nitrogen and oxygen atoms in total. The first kappa shape index (κ1) is 54.1. The number of allylic oxidation sites excluding steroid dienone is 3. The number of hydrogen-bond acceptors (Lipinski definition) is 10. The van der Waals surface area contributed by atoms with E-state index in [1.807, 2.05) is 43.0 Å². The van der Waals surface area contributed by atoms with Crippen molar-refractivity contribution in [2.75, 3.05) is 66.7 Å². The number of hydroxylamine groups is 2. The van der Waals surface area contributed by atoms with E-state index in [-0.39, 0.29) is 45.3 Å². The number of amides is 4. The van der Waals surface area contributed by atoms with Crippen molar-refractivity contribution in [1.82, 2.24) is 30.1 Å². The lowest BCUT2D eigenvalue weighted by Crippen LogP contribution is -2.51. The molecule has 2 aromatic heterocycles. The van der Waals surface area contributed by atoms with Gasteiger partial charge in [0.25, 0.3) is 21.9 Å². The Hall–Kier alpha value is -6.23. The minimum Gasteiger partial charge on any atom is -0.494 e. The van der Waals surface area contributed by atoms with Crippen LogP contribution in [0.5, 0.6) is 5.75 Å². The smallest absolute Gasteiger partial charge is 0.494 e. The van der Waals surface area contributed by atoms with Gasteiger partial charge < -0.3 is 52.2 Å². The van der Waals surface area contributed by atoms with Gasteiger partial charge >= 0.3 is 12.9 Å². The second kappa shape index (κ2) is 23.3. The lowest BCUT2D eigenvalue weighted by Gasteiger charge is -2.31. The summed E-state index contributed by atoms with van der Waals surface area (Å²) in [5, 5.41) is 5.50. The van der Waals surface area contributed by atoms with Gasteiger partial charge in [0.2, 0.25) is 11.8 Å². The lowest BCUT2D eigenvalue weighted by molar-refractivity contribution is -0.870. The fourth-order valence-electron chi connectivity index (χ4n) is 8.67. The fourth-order valence-corrected chi connectivity index (χ4v) is 9.33. The molecule has 1 saturated heterocycles. The predicted molar refractivity (Wildman–Crippen MR) is 265 cm³/mol. The van der Waals surface area contributed by atoms with Gasteiger partial charge in [-0.15, -0.1) is 5.06 Å². The molecule has 384 valence electrons. The van der Waals surface area contributed by atoms with Crippen LogP contribution >= 0.6 is 0 Å². The molecule has 5 heterocycles. The number of hydrogen-bond donors (Lipinski definition) is 4. The summed E-state index contributed by atoms with van der Waals surface area (Å²) in [5.41, 5.74) is 5.69. The molecule has 6 rings (SSSR count). The molecule has 1 atom stereocenters. The molecule has 22 heteroatoms. The maximum Gasteiger partial charge on any atom is 0.737 e. The van der Waals surface area contributed by atoms with Crippen LogP contribution in [0.3, 0.4) is 0 Å². The van der Waals surface area contributed by atoms with E-state index < -0.39 is 58.5 Å². The summed E-state index contributed by atoms with van der Waals surface area (Å²) >= 11 is 0. The molecule has 0 bridgehead atoms. The second-order valence-electron chi connectivity index (χ2n) is 19.4. The summed E-state index contributed by atoms with van der Waals surface area (Å²) in [6.07, 6.45) is 10.6. The Morgan fingerprint density at radius 1 is 0.958 bits per heavy atom. The average molecular weight is 1010 g/mol. The van der Waals surface area contributed by atoms with Crippen molar-refractivity contribution in [3.8, 4) is 17.1 Å². The number of halogens is 2. The Morgan fingerprint density at radius 3 is 2.34 bits per heavy atom. The van der Waals surface area contributed by atoms with E-state index in [9.17, 15) is 36.9 Å². The number of aryl methyl sites for hydroxylation is 2. The molecule has 0 aliphatic carbocycles. The Morgan fingerprint density at radius 2 is 1.68 bits per heavy atom. The van der Waals surface area contributed by atoms with E-state index in [0.29, 0.717) is 78.1 Å². The zero-order chi connectivity index (χ0) is 51.7. The first-order chi connectivity index (χ1) is 33.5. The number of imide groups is 1. The third-order valence-corrected chi connectivity index (χ3v) is 13.1. The molecular weight excluding hydrogens is 941 g/mol. The highest BCUT2D eigenvalue weighted by Gasteiger charge is 2.54. The van der Waals surface area contributed by atoms with Gasteiger partial charge in [-0.3, -0.25) is 23.7 Å². The number of benzene rings is 1. The molecule has 4 N–H and O–H groups in total. The first-order valence-electron chi connectivity index (χ1n) is 24.0. The van der Waals surface area contributed by atoms with Gasteiger partial charge in [0.1, 0.15) is 17.5 Å². The maximum atomic E-state index is 17.1. The molecule has 71 heavy (non-hydrogen) atoms. The Bertz CT molecular complexity index is 2710. The van der Waals surface area contributed by atoms with Crippen molar-refractivity contribution >= 4 is 64.5 Å². The summed E-state index contributed by atoms with van der Waals surface area (Å²) in [7, 11) is 3.53. The topological polar surface area (TPSA) is 212 Å². The van der Waals surface area contributed by atoms with Crippen LogP contribution in [0.15, 0.2) is 65.9 Å². The number of aromatic amines is 1. The van der Waals surface area contributed by atoms with E-state index >= 15 is 8.63 Å². The summed E-state index contributed by atoms with van der Waals surface area (Å²) in [6.45, 7) is 1.57. The quantitative estimate of drug-likeness (QED) is 0.0280. The Kier molecular flexibility index (Phi) is 17.8. The monoisotopic (exact) mass is 1010 g/mol. The van der Waals surface area contributed by atoms with Crippen molar-refractivity contribution < 1.29 is 64.1 Å². The highest BCUT2D eigenvalue weighted by atomic mass is 32.2. The lowest BCUT2D eigenvalue weighted by atomic mass is 9.89. The number of unbranched alkanes of at least 4 members (excludes halogenated alkanes) is 2.